The number of nitrogens with one attached hydrogen (secondary N) is 1. The molecule has 1 heterocycles. The Hall–Kier alpha value is -3.40. The predicted molar refractivity (Wildman–Crippen MR) is 116 cm³/mol. The molecule has 2 aromatic carbocycles. The third kappa shape index (κ3) is 5.08. The van der Waals surface area contributed by atoms with Crippen LogP contribution in [-0.2, 0) is 14.8 Å². The van der Waals surface area contributed by atoms with Crippen LogP contribution >= 0.6 is 0 Å². The van der Waals surface area contributed by atoms with E-state index in [2.05, 4.69) is 11.6 Å². The number of imide groups is 1. The number of rotatable bonds is 11. The summed E-state index contributed by atoms with van der Waals surface area (Å²) in [5, 5.41) is 9.00. The maximum Gasteiger partial charge on any atom is 0.323 e. The highest BCUT2D eigenvalue weighted by molar-refractivity contribution is 7.92. The standard InChI is InChI=1S/C22H24N2O7S/c1-2-3-4-8-11-31-19-13-17-16(21(27)24(22(17)28)14-20(25)26)12-18(19)23-32(29,30)15-9-6-5-7-10-15/h5-7,9-10,12-13,23H,2-4,8,11,14H2,1H3,(H,25,26). The summed E-state index contributed by atoms with van der Waals surface area (Å²) in [6.07, 6.45) is 3.72. The van der Waals surface area contributed by atoms with Gasteiger partial charge in [0.15, 0.2) is 0 Å². The molecule has 0 spiro atoms. The number of carbonyl (C=O) groups is 3. The van der Waals surface area contributed by atoms with Crippen LogP contribution in [0.4, 0.5) is 5.69 Å². The van der Waals surface area contributed by atoms with Crippen LogP contribution in [0.25, 0.3) is 0 Å². The zero-order chi connectivity index (χ0) is 23.3. The van der Waals surface area contributed by atoms with Gasteiger partial charge in [0.05, 0.1) is 28.3 Å². The van der Waals surface area contributed by atoms with Crippen LogP contribution in [-0.4, -0.2) is 49.4 Å². The second-order valence-electron chi connectivity index (χ2n) is 7.31. The summed E-state index contributed by atoms with van der Waals surface area (Å²) >= 11 is 0. The normalized spacial score (nSPS) is 13.2. The van der Waals surface area contributed by atoms with Crippen molar-refractivity contribution in [3.63, 3.8) is 0 Å². The number of nitrogens with zero attached hydrogens (tertiary/aromatic N) is 1. The van der Waals surface area contributed by atoms with Crippen LogP contribution in [0.1, 0.15) is 53.3 Å². The number of carboxylic acids is 1. The monoisotopic (exact) mass is 460 g/mol. The molecule has 0 radical (unpaired) electrons. The molecule has 0 aliphatic carbocycles. The van der Waals surface area contributed by atoms with Gasteiger partial charge in [0.25, 0.3) is 21.8 Å². The van der Waals surface area contributed by atoms with Gasteiger partial charge in [-0.1, -0.05) is 44.4 Å². The Bertz CT molecular complexity index is 1130. The van der Waals surface area contributed by atoms with Gasteiger partial charge in [-0.25, -0.2) is 8.42 Å². The highest BCUT2D eigenvalue weighted by Gasteiger charge is 2.38. The molecule has 0 fully saturated rings. The molecule has 2 aromatic rings. The molecular formula is C22H24N2O7S. The Morgan fingerprint density at radius 2 is 1.69 bits per heavy atom. The summed E-state index contributed by atoms with van der Waals surface area (Å²) < 4.78 is 33.8. The van der Waals surface area contributed by atoms with Crippen molar-refractivity contribution < 1.29 is 32.6 Å². The van der Waals surface area contributed by atoms with Crippen molar-refractivity contribution in [2.45, 2.75) is 37.5 Å². The summed E-state index contributed by atoms with van der Waals surface area (Å²) in [5.41, 5.74) is -0.107. The van der Waals surface area contributed by atoms with Crippen molar-refractivity contribution in [3.05, 3.63) is 53.6 Å². The summed E-state index contributed by atoms with van der Waals surface area (Å²) in [6, 6.07) is 10.2. The number of fused-ring (bicyclic) bond motifs is 1. The van der Waals surface area contributed by atoms with Crippen molar-refractivity contribution in [2.75, 3.05) is 17.9 Å². The van der Waals surface area contributed by atoms with Crippen LogP contribution in [0.15, 0.2) is 47.4 Å². The van der Waals surface area contributed by atoms with E-state index in [9.17, 15) is 22.8 Å². The molecule has 1 aliphatic heterocycles. The summed E-state index contributed by atoms with van der Waals surface area (Å²) in [7, 11) is -3.99. The van der Waals surface area contributed by atoms with Crippen LogP contribution in [0.2, 0.25) is 0 Å². The molecule has 0 saturated heterocycles. The Labute approximate surface area is 186 Å². The lowest BCUT2D eigenvalue weighted by atomic mass is 10.1. The van der Waals surface area contributed by atoms with Gasteiger partial charge in [-0.05, 0) is 30.7 Å². The largest absolute Gasteiger partial charge is 0.491 e. The van der Waals surface area contributed by atoms with Gasteiger partial charge in [-0.15, -0.1) is 0 Å². The Morgan fingerprint density at radius 3 is 2.31 bits per heavy atom. The zero-order valence-corrected chi connectivity index (χ0v) is 18.4. The average molecular weight is 461 g/mol. The molecule has 170 valence electrons. The minimum absolute atomic E-state index is 0.00131. The molecular weight excluding hydrogens is 436 g/mol. The smallest absolute Gasteiger partial charge is 0.323 e. The van der Waals surface area contributed by atoms with Crippen LogP contribution in [0.5, 0.6) is 5.75 Å². The molecule has 1 aliphatic rings. The van der Waals surface area contributed by atoms with E-state index in [1.807, 2.05) is 0 Å². The fourth-order valence-corrected chi connectivity index (χ4v) is 4.39. The number of aliphatic carboxylic acids is 1. The van der Waals surface area contributed by atoms with E-state index in [0.717, 1.165) is 25.7 Å². The number of hydrogen-bond donors (Lipinski definition) is 2. The first-order chi connectivity index (χ1) is 15.2. The fraction of sp³-hybridized carbons (Fsp3) is 0.318. The summed E-state index contributed by atoms with van der Waals surface area (Å²) in [4.78, 5) is 36.8. The predicted octanol–water partition coefficient (Wildman–Crippen LogP) is 3.13. The second-order valence-corrected chi connectivity index (χ2v) is 8.99. The maximum atomic E-state index is 12.8. The first-order valence-electron chi connectivity index (χ1n) is 10.2. The van der Waals surface area contributed by atoms with Crippen molar-refractivity contribution in [2.24, 2.45) is 0 Å². The van der Waals surface area contributed by atoms with Crippen molar-refractivity contribution in [1.29, 1.82) is 0 Å². The van der Waals surface area contributed by atoms with E-state index in [-0.39, 0.29) is 27.5 Å². The lowest BCUT2D eigenvalue weighted by molar-refractivity contribution is -0.137. The molecule has 0 atom stereocenters. The van der Waals surface area contributed by atoms with E-state index in [4.69, 9.17) is 9.84 Å². The fourth-order valence-electron chi connectivity index (χ4n) is 3.31. The third-order valence-electron chi connectivity index (χ3n) is 4.92. The van der Waals surface area contributed by atoms with Gasteiger partial charge < -0.3 is 9.84 Å². The molecule has 0 unspecified atom stereocenters. The van der Waals surface area contributed by atoms with E-state index in [1.54, 1.807) is 18.2 Å². The van der Waals surface area contributed by atoms with Gasteiger partial charge in [-0.2, -0.15) is 0 Å². The number of carbonyl (C=O) groups excluding carboxylic acids is 2. The minimum Gasteiger partial charge on any atom is -0.491 e. The molecule has 10 heteroatoms. The Balaban J connectivity index is 1.96. The number of benzene rings is 2. The number of amides is 2. The molecule has 0 bridgehead atoms. The maximum absolute atomic E-state index is 12.8. The zero-order valence-electron chi connectivity index (χ0n) is 17.5. The first kappa shape index (κ1) is 23.3. The van der Waals surface area contributed by atoms with Crippen LogP contribution in [0.3, 0.4) is 0 Å². The van der Waals surface area contributed by atoms with Crippen molar-refractivity contribution in [3.8, 4) is 5.75 Å². The van der Waals surface area contributed by atoms with E-state index in [0.29, 0.717) is 11.5 Å². The quantitative estimate of drug-likeness (QED) is 0.389. The SMILES string of the molecule is CCCCCCOc1cc2c(cc1NS(=O)(=O)c1ccccc1)C(=O)N(CC(=O)O)C2=O. The molecule has 32 heavy (non-hydrogen) atoms. The number of hydrogen-bond acceptors (Lipinski definition) is 6. The van der Waals surface area contributed by atoms with Gasteiger partial charge in [0.1, 0.15) is 12.3 Å². The van der Waals surface area contributed by atoms with Crippen LogP contribution < -0.4 is 9.46 Å². The first-order valence-corrected chi connectivity index (χ1v) is 11.7. The topological polar surface area (TPSA) is 130 Å². The number of ether oxygens (including phenoxy) is 1. The molecule has 2 amide bonds. The Kier molecular flexibility index (Phi) is 7.14. The lowest BCUT2D eigenvalue weighted by Gasteiger charge is -2.15. The Morgan fingerprint density at radius 1 is 1.03 bits per heavy atom. The highest BCUT2D eigenvalue weighted by atomic mass is 32.2. The van der Waals surface area contributed by atoms with Gasteiger partial charge in [-0.3, -0.25) is 24.0 Å². The van der Waals surface area contributed by atoms with Gasteiger partial charge in [0.2, 0.25) is 0 Å². The van der Waals surface area contributed by atoms with Gasteiger partial charge >= 0.3 is 5.97 Å². The third-order valence-corrected chi connectivity index (χ3v) is 6.30. The number of sulfonamides is 1. The molecule has 2 N–H and O–H groups in total. The second kappa shape index (κ2) is 9.82. The number of unbranched alkanes of at least 4 members (excludes halogenated alkanes) is 3. The van der Waals surface area contributed by atoms with Gasteiger partial charge in [0, 0.05) is 0 Å². The number of anilines is 1. The van der Waals surface area contributed by atoms with E-state index in [1.165, 1.54) is 24.3 Å². The summed E-state index contributed by atoms with van der Waals surface area (Å²) in [6.45, 7) is 1.58. The molecule has 0 aromatic heterocycles. The minimum atomic E-state index is -3.99. The lowest BCUT2D eigenvalue weighted by Crippen LogP contribution is -2.34. The van der Waals surface area contributed by atoms with Crippen molar-refractivity contribution in [1.82, 2.24) is 4.90 Å². The highest BCUT2D eigenvalue weighted by Crippen LogP contribution is 2.35. The molecule has 0 saturated carbocycles. The molecule has 3 rings (SSSR count). The number of carboxylic acid groups (broad SMARTS) is 1. The molecule has 9 nitrogen and oxygen atoms in total. The van der Waals surface area contributed by atoms with E-state index >= 15 is 0 Å². The average Bonchev–Trinajstić information content (AvgIpc) is 2.98. The summed E-state index contributed by atoms with van der Waals surface area (Å²) in [5.74, 6) is -2.81. The van der Waals surface area contributed by atoms with Crippen molar-refractivity contribution >= 4 is 33.5 Å². The van der Waals surface area contributed by atoms with Crippen LogP contribution in [0, 0.1) is 0 Å². The van der Waals surface area contributed by atoms with E-state index < -0.39 is 34.4 Å².